The molecular formula is C13H13NO2S. The standard InChI is InChI=1S/C13H13NO2S/c1-9-4-2-3-5-11(9)13-14-10(8-17-13)6-7-12(15)16/h2-5,8H,6-7H2,1H3,(H,15,16). The van der Waals surface area contributed by atoms with Gasteiger partial charge in [-0.05, 0) is 12.5 Å². The van der Waals surface area contributed by atoms with Crippen LogP contribution in [0, 0.1) is 6.92 Å². The second-order valence-corrected chi connectivity index (χ2v) is 4.71. The fourth-order valence-electron chi connectivity index (χ4n) is 1.59. The molecule has 1 heterocycles. The molecule has 0 saturated carbocycles. The first-order valence-corrected chi connectivity index (χ1v) is 6.27. The number of carboxylic acid groups (broad SMARTS) is 1. The van der Waals surface area contributed by atoms with Crippen molar-refractivity contribution in [1.29, 1.82) is 0 Å². The highest BCUT2D eigenvalue weighted by Crippen LogP contribution is 2.26. The van der Waals surface area contributed by atoms with Crippen LogP contribution in [0.25, 0.3) is 10.6 Å². The maximum Gasteiger partial charge on any atom is 0.303 e. The average Bonchev–Trinajstić information content (AvgIpc) is 2.75. The Morgan fingerprint density at radius 1 is 1.41 bits per heavy atom. The molecule has 1 N–H and O–H groups in total. The fraction of sp³-hybridized carbons (Fsp3) is 0.231. The Morgan fingerprint density at radius 3 is 2.88 bits per heavy atom. The van der Waals surface area contributed by atoms with Crippen LogP contribution in [0.5, 0.6) is 0 Å². The van der Waals surface area contributed by atoms with Crippen molar-refractivity contribution in [2.45, 2.75) is 19.8 Å². The summed E-state index contributed by atoms with van der Waals surface area (Å²) in [6.45, 7) is 2.05. The topological polar surface area (TPSA) is 50.2 Å². The number of aliphatic carboxylic acids is 1. The third-order valence-corrected chi connectivity index (χ3v) is 3.45. The van der Waals surface area contributed by atoms with Gasteiger partial charge in [0.15, 0.2) is 0 Å². The molecule has 3 nitrogen and oxygen atoms in total. The molecule has 0 amide bonds. The lowest BCUT2D eigenvalue weighted by Crippen LogP contribution is -1.97. The van der Waals surface area contributed by atoms with E-state index in [0.29, 0.717) is 6.42 Å². The van der Waals surface area contributed by atoms with E-state index in [4.69, 9.17) is 5.11 Å². The Morgan fingerprint density at radius 2 is 2.18 bits per heavy atom. The number of aromatic nitrogens is 1. The lowest BCUT2D eigenvalue weighted by molar-refractivity contribution is -0.136. The maximum absolute atomic E-state index is 10.5. The van der Waals surface area contributed by atoms with Gasteiger partial charge in [0.2, 0.25) is 0 Å². The molecule has 2 aromatic rings. The molecule has 1 aromatic carbocycles. The summed E-state index contributed by atoms with van der Waals surface area (Å²) in [5.41, 5.74) is 3.17. The summed E-state index contributed by atoms with van der Waals surface area (Å²) in [4.78, 5) is 14.9. The van der Waals surface area contributed by atoms with Crippen LogP contribution in [0.4, 0.5) is 0 Å². The molecule has 17 heavy (non-hydrogen) atoms. The Kier molecular flexibility index (Phi) is 3.54. The second-order valence-electron chi connectivity index (χ2n) is 3.85. The quantitative estimate of drug-likeness (QED) is 0.903. The van der Waals surface area contributed by atoms with E-state index in [0.717, 1.165) is 16.3 Å². The zero-order valence-electron chi connectivity index (χ0n) is 9.51. The molecule has 1 aromatic heterocycles. The Labute approximate surface area is 104 Å². The van der Waals surface area contributed by atoms with Crippen molar-refractivity contribution in [2.75, 3.05) is 0 Å². The fourth-order valence-corrected chi connectivity index (χ4v) is 2.54. The summed E-state index contributed by atoms with van der Waals surface area (Å²) < 4.78 is 0. The van der Waals surface area contributed by atoms with Crippen LogP contribution in [0.1, 0.15) is 17.7 Å². The predicted molar refractivity (Wildman–Crippen MR) is 68.2 cm³/mol. The van der Waals surface area contributed by atoms with Crippen LogP contribution in [0.3, 0.4) is 0 Å². The minimum absolute atomic E-state index is 0.136. The van der Waals surface area contributed by atoms with E-state index in [9.17, 15) is 4.79 Å². The molecule has 0 aliphatic rings. The van der Waals surface area contributed by atoms with Gasteiger partial charge in [-0.3, -0.25) is 4.79 Å². The molecule has 0 aliphatic carbocycles. The Bertz CT molecular complexity index is 534. The van der Waals surface area contributed by atoms with Crippen molar-refractivity contribution in [2.24, 2.45) is 0 Å². The van der Waals surface area contributed by atoms with E-state index in [1.54, 1.807) is 11.3 Å². The third kappa shape index (κ3) is 2.91. The van der Waals surface area contributed by atoms with Crippen LogP contribution in [0.2, 0.25) is 0 Å². The van der Waals surface area contributed by atoms with E-state index < -0.39 is 5.97 Å². The number of rotatable bonds is 4. The van der Waals surface area contributed by atoms with Gasteiger partial charge in [0.1, 0.15) is 5.01 Å². The van der Waals surface area contributed by atoms with Gasteiger partial charge in [-0.25, -0.2) is 4.98 Å². The first kappa shape index (κ1) is 11.8. The van der Waals surface area contributed by atoms with E-state index in [2.05, 4.69) is 4.98 Å². The molecule has 0 aliphatic heterocycles. The Balaban J connectivity index is 2.18. The normalized spacial score (nSPS) is 10.4. The summed E-state index contributed by atoms with van der Waals surface area (Å²) in [6.07, 6.45) is 0.634. The van der Waals surface area contributed by atoms with Crippen molar-refractivity contribution >= 4 is 17.3 Å². The van der Waals surface area contributed by atoms with Crippen LogP contribution < -0.4 is 0 Å². The molecule has 0 fully saturated rings. The molecule has 0 unspecified atom stereocenters. The van der Waals surface area contributed by atoms with Crippen molar-refractivity contribution in [3.63, 3.8) is 0 Å². The average molecular weight is 247 g/mol. The van der Waals surface area contributed by atoms with Gasteiger partial charge < -0.3 is 5.11 Å². The molecule has 0 bridgehead atoms. The first-order chi connectivity index (χ1) is 8.16. The summed E-state index contributed by atoms with van der Waals surface area (Å²) in [6, 6.07) is 8.07. The molecule has 0 atom stereocenters. The Hall–Kier alpha value is -1.68. The van der Waals surface area contributed by atoms with Gasteiger partial charge in [-0.2, -0.15) is 0 Å². The molecule has 0 saturated heterocycles. The number of benzene rings is 1. The summed E-state index contributed by atoms with van der Waals surface area (Å²) in [5, 5.41) is 11.5. The highest BCUT2D eigenvalue weighted by molar-refractivity contribution is 7.13. The lowest BCUT2D eigenvalue weighted by atomic mass is 10.1. The SMILES string of the molecule is Cc1ccccc1-c1nc(CCC(=O)O)cs1. The summed E-state index contributed by atoms with van der Waals surface area (Å²) >= 11 is 1.56. The van der Waals surface area contributed by atoms with E-state index in [1.807, 2.05) is 36.6 Å². The van der Waals surface area contributed by atoms with Crippen molar-refractivity contribution in [3.8, 4) is 10.6 Å². The van der Waals surface area contributed by atoms with Gasteiger partial charge in [-0.15, -0.1) is 11.3 Å². The number of nitrogens with zero attached hydrogens (tertiary/aromatic N) is 1. The van der Waals surface area contributed by atoms with E-state index in [1.165, 1.54) is 5.56 Å². The van der Waals surface area contributed by atoms with Crippen molar-refractivity contribution < 1.29 is 9.90 Å². The third-order valence-electron chi connectivity index (χ3n) is 2.52. The van der Waals surface area contributed by atoms with Crippen molar-refractivity contribution in [3.05, 3.63) is 40.9 Å². The second kappa shape index (κ2) is 5.10. The largest absolute Gasteiger partial charge is 0.481 e. The van der Waals surface area contributed by atoms with Gasteiger partial charge >= 0.3 is 5.97 Å². The molecule has 4 heteroatoms. The highest BCUT2D eigenvalue weighted by Gasteiger charge is 2.07. The monoisotopic (exact) mass is 247 g/mol. The van der Waals surface area contributed by atoms with Crippen LogP contribution in [-0.4, -0.2) is 16.1 Å². The zero-order chi connectivity index (χ0) is 12.3. The zero-order valence-corrected chi connectivity index (χ0v) is 10.3. The van der Waals surface area contributed by atoms with Gasteiger partial charge in [-0.1, -0.05) is 24.3 Å². The van der Waals surface area contributed by atoms with Crippen LogP contribution in [-0.2, 0) is 11.2 Å². The molecule has 0 radical (unpaired) electrons. The summed E-state index contributed by atoms with van der Waals surface area (Å²) in [7, 11) is 0. The number of carbonyl (C=O) groups is 1. The molecule has 88 valence electrons. The molecular weight excluding hydrogens is 234 g/mol. The first-order valence-electron chi connectivity index (χ1n) is 5.39. The summed E-state index contributed by atoms with van der Waals surface area (Å²) in [5.74, 6) is -0.782. The number of thiazole rings is 1. The molecule has 2 rings (SSSR count). The van der Waals surface area contributed by atoms with Gasteiger partial charge in [0, 0.05) is 17.4 Å². The van der Waals surface area contributed by atoms with Gasteiger partial charge in [0.05, 0.1) is 12.1 Å². The van der Waals surface area contributed by atoms with Crippen molar-refractivity contribution in [1.82, 2.24) is 4.98 Å². The minimum atomic E-state index is -0.782. The van der Waals surface area contributed by atoms with Gasteiger partial charge in [0.25, 0.3) is 0 Å². The minimum Gasteiger partial charge on any atom is -0.481 e. The predicted octanol–water partition coefficient (Wildman–Crippen LogP) is 3.14. The highest BCUT2D eigenvalue weighted by atomic mass is 32.1. The number of aryl methyl sites for hydroxylation is 2. The van der Waals surface area contributed by atoms with E-state index >= 15 is 0 Å². The van der Waals surface area contributed by atoms with Crippen LogP contribution >= 0.6 is 11.3 Å². The lowest BCUT2D eigenvalue weighted by Gasteiger charge is -2.00. The van der Waals surface area contributed by atoms with Crippen LogP contribution in [0.15, 0.2) is 29.6 Å². The number of carboxylic acids is 1. The smallest absolute Gasteiger partial charge is 0.303 e. The maximum atomic E-state index is 10.5. The molecule has 0 spiro atoms. The number of hydrogen-bond acceptors (Lipinski definition) is 3. The number of hydrogen-bond donors (Lipinski definition) is 1. The van der Waals surface area contributed by atoms with E-state index in [-0.39, 0.29) is 6.42 Å².